The van der Waals surface area contributed by atoms with Crippen LogP contribution in [0.1, 0.15) is 50.5 Å². The number of unbranched alkanes of at least 4 members (excludes halogenated alkanes) is 1. The number of carbonyl (C=O) groups excluding carboxylic acids is 3. The molecule has 2 aliphatic heterocycles. The number of amides is 3. The Bertz CT molecular complexity index is 939. The Morgan fingerprint density at radius 3 is 2.19 bits per heavy atom. The third-order valence-corrected chi connectivity index (χ3v) is 6.94. The number of benzene rings is 1. The van der Waals surface area contributed by atoms with E-state index in [1.807, 2.05) is 0 Å². The summed E-state index contributed by atoms with van der Waals surface area (Å²) in [5, 5.41) is 21.9. The second-order valence-electron chi connectivity index (χ2n) is 9.54. The molecule has 4 atom stereocenters. The van der Waals surface area contributed by atoms with Crippen LogP contribution >= 0.6 is 0 Å². The van der Waals surface area contributed by atoms with Crippen molar-refractivity contribution in [2.45, 2.75) is 75.5 Å². The monoisotopic (exact) mass is 503 g/mol. The van der Waals surface area contributed by atoms with Crippen molar-refractivity contribution in [1.29, 1.82) is 0 Å². The summed E-state index contributed by atoms with van der Waals surface area (Å²) < 4.78 is 0. The molecule has 3 rings (SSSR count). The standard InChI is InChI=1S/C25H37N5O6/c26-12-2-1-5-18(27)23(33)29-13-3-6-20(29)22(32)28-19(15-16-8-10-17(31)11-9-16)24(34)30-14-4-7-21(30)25(35)36/h8-11,18-21,31H,1-7,12-15,26-27H2,(H,28,32)(H,35,36). The molecule has 0 radical (unpaired) electrons. The van der Waals surface area contributed by atoms with Crippen LogP contribution in [0.25, 0.3) is 0 Å². The molecule has 1 aromatic carbocycles. The van der Waals surface area contributed by atoms with Gasteiger partial charge in [0.15, 0.2) is 0 Å². The summed E-state index contributed by atoms with van der Waals surface area (Å²) in [6, 6.07) is 2.84. The van der Waals surface area contributed by atoms with Crippen LogP contribution in [0.3, 0.4) is 0 Å². The number of hydrogen-bond acceptors (Lipinski definition) is 7. The van der Waals surface area contributed by atoms with E-state index in [1.165, 1.54) is 21.9 Å². The van der Waals surface area contributed by atoms with Crippen molar-refractivity contribution in [3.8, 4) is 5.75 Å². The smallest absolute Gasteiger partial charge is 0.326 e. The number of nitrogens with two attached hydrogens (primary N) is 2. The van der Waals surface area contributed by atoms with Crippen LogP contribution in [0.5, 0.6) is 5.75 Å². The molecule has 2 heterocycles. The molecular weight excluding hydrogens is 466 g/mol. The molecule has 198 valence electrons. The van der Waals surface area contributed by atoms with Gasteiger partial charge in [0.2, 0.25) is 17.7 Å². The van der Waals surface area contributed by atoms with Crippen LogP contribution in [-0.4, -0.2) is 87.5 Å². The minimum Gasteiger partial charge on any atom is -0.508 e. The molecule has 7 N–H and O–H groups in total. The second-order valence-corrected chi connectivity index (χ2v) is 9.54. The second kappa shape index (κ2) is 12.7. The largest absolute Gasteiger partial charge is 0.508 e. The first-order chi connectivity index (χ1) is 17.2. The maximum atomic E-state index is 13.4. The highest BCUT2D eigenvalue weighted by Crippen LogP contribution is 2.22. The lowest BCUT2D eigenvalue weighted by molar-refractivity contribution is -0.149. The number of rotatable bonds is 11. The molecule has 2 aliphatic rings. The number of carboxylic acids is 1. The summed E-state index contributed by atoms with van der Waals surface area (Å²) in [7, 11) is 0. The fraction of sp³-hybridized carbons (Fsp3) is 0.600. The molecule has 1 aromatic rings. The fourth-order valence-electron chi connectivity index (χ4n) is 4.97. The highest BCUT2D eigenvalue weighted by molar-refractivity contribution is 5.94. The van der Waals surface area contributed by atoms with Crippen LogP contribution in [0.15, 0.2) is 24.3 Å². The predicted octanol–water partition coefficient (Wildman–Crippen LogP) is -0.0576. The number of carboxylic acid groups (broad SMARTS) is 1. The van der Waals surface area contributed by atoms with E-state index < -0.39 is 42.0 Å². The molecule has 11 nitrogen and oxygen atoms in total. The Balaban J connectivity index is 1.75. The van der Waals surface area contributed by atoms with Gasteiger partial charge in [-0.1, -0.05) is 18.6 Å². The molecule has 0 aromatic heterocycles. The quantitative estimate of drug-likeness (QED) is 0.261. The summed E-state index contributed by atoms with van der Waals surface area (Å²) in [6.45, 7) is 1.22. The molecule has 2 saturated heterocycles. The first kappa shape index (κ1) is 27.4. The molecule has 36 heavy (non-hydrogen) atoms. The Hall–Kier alpha value is -3.18. The van der Waals surface area contributed by atoms with Gasteiger partial charge in [-0.25, -0.2) is 4.79 Å². The zero-order valence-corrected chi connectivity index (χ0v) is 20.5. The van der Waals surface area contributed by atoms with Crippen LogP contribution in [0, 0.1) is 0 Å². The number of phenols is 1. The zero-order chi connectivity index (χ0) is 26.2. The van der Waals surface area contributed by atoms with Crippen molar-refractivity contribution in [2.24, 2.45) is 11.5 Å². The van der Waals surface area contributed by atoms with Crippen LogP contribution in [-0.2, 0) is 25.6 Å². The molecule has 3 amide bonds. The van der Waals surface area contributed by atoms with E-state index in [-0.39, 0.29) is 18.1 Å². The van der Waals surface area contributed by atoms with Crippen molar-refractivity contribution in [3.63, 3.8) is 0 Å². The van der Waals surface area contributed by atoms with Crippen LogP contribution in [0.2, 0.25) is 0 Å². The highest BCUT2D eigenvalue weighted by atomic mass is 16.4. The summed E-state index contributed by atoms with van der Waals surface area (Å²) >= 11 is 0. The van der Waals surface area contributed by atoms with E-state index in [4.69, 9.17) is 11.5 Å². The fourth-order valence-corrected chi connectivity index (χ4v) is 4.97. The third-order valence-electron chi connectivity index (χ3n) is 6.94. The maximum absolute atomic E-state index is 13.4. The third kappa shape index (κ3) is 6.73. The summed E-state index contributed by atoms with van der Waals surface area (Å²) in [5.41, 5.74) is 12.3. The first-order valence-electron chi connectivity index (χ1n) is 12.6. The summed E-state index contributed by atoms with van der Waals surface area (Å²) in [6.07, 6.45) is 4.10. The van der Waals surface area contributed by atoms with E-state index in [9.17, 15) is 29.4 Å². The molecule has 11 heteroatoms. The maximum Gasteiger partial charge on any atom is 0.326 e. The average Bonchev–Trinajstić information content (AvgIpc) is 3.54. The summed E-state index contributed by atoms with van der Waals surface area (Å²) in [5.74, 6) is -2.24. The van der Waals surface area contributed by atoms with Gasteiger partial charge in [-0.3, -0.25) is 14.4 Å². The van der Waals surface area contributed by atoms with Crippen molar-refractivity contribution in [1.82, 2.24) is 15.1 Å². The van der Waals surface area contributed by atoms with Crippen LogP contribution < -0.4 is 16.8 Å². The first-order valence-corrected chi connectivity index (χ1v) is 12.6. The number of phenolic OH excluding ortho intramolecular Hbond substituents is 1. The topological polar surface area (TPSA) is 179 Å². The van der Waals surface area contributed by atoms with Gasteiger partial charge in [-0.15, -0.1) is 0 Å². The van der Waals surface area contributed by atoms with E-state index in [0.717, 1.165) is 12.8 Å². The average molecular weight is 504 g/mol. The van der Waals surface area contributed by atoms with E-state index in [1.54, 1.807) is 12.1 Å². The molecule has 4 unspecified atom stereocenters. The van der Waals surface area contributed by atoms with Crippen molar-refractivity contribution in [2.75, 3.05) is 19.6 Å². The van der Waals surface area contributed by atoms with Gasteiger partial charge >= 0.3 is 5.97 Å². The number of aliphatic carboxylic acids is 1. The van der Waals surface area contributed by atoms with E-state index in [0.29, 0.717) is 57.3 Å². The minimum absolute atomic E-state index is 0.0686. The Morgan fingerprint density at radius 2 is 1.58 bits per heavy atom. The lowest BCUT2D eigenvalue weighted by Crippen LogP contribution is -2.57. The zero-order valence-electron chi connectivity index (χ0n) is 20.5. The highest BCUT2D eigenvalue weighted by Gasteiger charge is 2.40. The number of carbonyl (C=O) groups is 4. The molecule has 0 aliphatic carbocycles. The lowest BCUT2D eigenvalue weighted by atomic mass is 10.0. The normalized spacial score (nSPS) is 21.3. The van der Waals surface area contributed by atoms with Gasteiger partial charge in [0.25, 0.3) is 0 Å². The lowest BCUT2D eigenvalue weighted by Gasteiger charge is -2.30. The van der Waals surface area contributed by atoms with Crippen molar-refractivity contribution < 1.29 is 29.4 Å². The van der Waals surface area contributed by atoms with E-state index in [2.05, 4.69) is 5.32 Å². The molecular formula is C25H37N5O6. The molecule has 2 fully saturated rings. The number of nitrogens with one attached hydrogen (secondary N) is 1. The Kier molecular flexibility index (Phi) is 9.65. The Morgan fingerprint density at radius 1 is 0.972 bits per heavy atom. The van der Waals surface area contributed by atoms with Crippen LogP contribution in [0.4, 0.5) is 0 Å². The SMILES string of the molecule is NCCCCC(N)C(=O)N1CCCC1C(=O)NC(Cc1ccc(O)cc1)C(=O)N1CCCC1C(=O)O. The van der Waals surface area contributed by atoms with Gasteiger partial charge in [0.05, 0.1) is 6.04 Å². The van der Waals surface area contributed by atoms with Gasteiger partial charge in [0, 0.05) is 19.5 Å². The van der Waals surface area contributed by atoms with Crippen molar-refractivity contribution in [3.05, 3.63) is 29.8 Å². The van der Waals surface area contributed by atoms with Crippen molar-refractivity contribution >= 4 is 23.7 Å². The molecule has 0 bridgehead atoms. The number of hydrogen-bond donors (Lipinski definition) is 5. The molecule has 0 spiro atoms. The van der Waals surface area contributed by atoms with Gasteiger partial charge in [-0.2, -0.15) is 0 Å². The number of nitrogens with zero attached hydrogens (tertiary/aromatic N) is 2. The Labute approximate surface area is 210 Å². The van der Waals surface area contributed by atoms with Gasteiger partial charge < -0.3 is 36.8 Å². The van der Waals surface area contributed by atoms with Gasteiger partial charge in [-0.05, 0) is 62.8 Å². The number of likely N-dealkylation sites (tertiary alicyclic amines) is 2. The predicted molar refractivity (Wildman–Crippen MR) is 132 cm³/mol. The number of aromatic hydroxyl groups is 1. The molecule has 0 saturated carbocycles. The van der Waals surface area contributed by atoms with E-state index >= 15 is 0 Å². The van der Waals surface area contributed by atoms with Gasteiger partial charge in [0.1, 0.15) is 23.9 Å². The summed E-state index contributed by atoms with van der Waals surface area (Å²) in [4.78, 5) is 54.2. The minimum atomic E-state index is -1.08.